The highest BCUT2D eigenvalue weighted by molar-refractivity contribution is 6.13. The van der Waals surface area contributed by atoms with Gasteiger partial charge in [0.15, 0.2) is 11.5 Å². The Labute approximate surface area is 335 Å². The fourth-order valence-electron chi connectivity index (χ4n) is 8.94. The lowest BCUT2D eigenvalue weighted by Gasteiger charge is -2.30. The fourth-order valence-corrected chi connectivity index (χ4v) is 8.94. The van der Waals surface area contributed by atoms with Gasteiger partial charge in [0.2, 0.25) is 0 Å². The molecule has 4 nitrogen and oxygen atoms in total. The van der Waals surface area contributed by atoms with Gasteiger partial charge >= 0.3 is 0 Å². The number of hydrogen-bond acceptors (Lipinski definition) is 3. The lowest BCUT2D eigenvalue weighted by atomic mass is 9.97. The van der Waals surface area contributed by atoms with Gasteiger partial charge in [-0.25, -0.2) is 0 Å². The summed E-state index contributed by atoms with van der Waals surface area (Å²) in [4.78, 5) is 2.41. The highest BCUT2D eigenvalue weighted by Crippen LogP contribution is 2.48. The first kappa shape index (κ1) is 32.4. The predicted molar refractivity (Wildman–Crippen MR) is 239 cm³/mol. The van der Waals surface area contributed by atoms with Crippen LogP contribution in [0.4, 0.5) is 17.1 Å². The zero-order valence-corrected chi connectivity index (χ0v) is 31.3. The molecule has 4 heteroatoms. The molecule has 9 aromatic carbocycles. The van der Waals surface area contributed by atoms with Crippen LogP contribution in [0.5, 0.6) is 11.5 Å². The third-order valence-electron chi connectivity index (χ3n) is 11.6. The van der Waals surface area contributed by atoms with Crippen LogP contribution in [0.25, 0.3) is 82.8 Å². The summed E-state index contributed by atoms with van der Waals surface area (Å²) in [6.07, 6.45) is 0. The van der Waals surface area contributed by atoms with Crippen LogP contribution in [0, 0.1) is 0 Å². The van der Waals surface area contributed by atoms with Crippen LogP contribution in [0.2, 0.25) is 0 Å². The maximum Gasteiger partial charge on any atom is 0.152 e. The van der Waals surface area contributed by atoms with Crippen LogP contribution < -0.4 is 9.64 Å². The van der Waals surface area contributed by atoms with Crippen molar-refractivity contribution in [1.29, 1.82) is 0 Å². The molecule has 1 aliphatic rings. The molecule has 0 spiro atoms. The first-order chi connectivity index (χ1) is 28.8. The third-order valence-corrected chi connectivity index (χ3v) is 11.6. The van der Waals surface area contributed by atoms with Gasteiger partial charge in [-0.15, -0.1) is 0 Å². The minimum Gasteiger partial charge on any atom is -0.456 e. The molecule has 272 valence electrons. The second kappa shape index (κ2) is 12.9. The summed E-state index contributed by atoms with van der Waals surface area (Å²) in [7, 11) is 0. The average molecular weight is 743 g/mol. The number of anilines is 3. The summed E-state index contributed by atoms with van der Waals surface area (Å²) < 4.78 is 14.9. The molecule has 0 unspecified atom stereocenters. The molecule has 0 saturated heterocycles. The largest absolute Gasteiger partial charge is 0.456 e. The minimum absolute atomic E-state index is 0.865. The zero-order valence-electron chi connectivity index (χ0n) is 31.3. The first-order valence-electron chi connectivity index (χ1n) is 19.7. The summed E-state index contributed by atoms with van der Waals surface area (Å²) in [5, 5.41) is 4.61. The number of furan rings is 1. The highest BCUT2D eigenvalue weighted by atomic mass is 16.5. The van der Waals surface area contributed by atoms with E-state index in [9.17, 15) is 0 Å². The molecular weight excluding hydrogens is 709 g/mol. The van der Waals surface area contributed by atoms with E-state index >= 15 is 0 Å². The Morgan fingerprint density at radius 2 is 1.00 bits per heavy atom. The van der Waals surface area contributed by atoms with E-state index in [2.05, 4.69) is 191 Å². The van der Waals surface area contributed by atoms with Crippen LogP contribution in [-0.2, 0) is 0 Å². The van der Waals surface area contributed by atoms with E-state index in [1.54, 1.807) is 0 Å². The van der Waals surface area contributed by atoms with Crippen LogP contribution in [-0.4, -0.2) is 4.57 Å². The van der Waals surface area contributed by atoms with Crippen LogP contribution in [0.15, 0.2) is 211 Å². The smallest absolute Gasteiger partial charge is 0.152 e. The van der Waals surface area contributed by atoms with Crippen molar-refractivity contribution in [2.45, 2.75) is 0 Å². The molecule has 0 saturated carbocycles. The van der Waals surface area contributed by atoms with Crippen LogP contribution >= 0.6 is 0 Å². The Bertz CT molecular complexity index is 3380. The van der Waals surface area contributed by atoms with Gasteiger partial charge in [-0.1, -0.05) is 133 Å². The molecule has 0 radical (unpaired) electrons. The number of aromatic nitrogens is 1. The zero-order chi connectivity index (χ0) is 38.2. The number of para-hydroxylation sites is 6. The van der Waals surface area contributed by atoms with Gasteiger partial charge in [0.05, 0.1) is 28.1 Å². The molecule has 0 aliphatic carbocycles. The van der Waals surface area contributed by atoms with Gasteiger partial charge in [0, 0.05) is 38.4 Å². The SMILES string of the molecule is c1ccc(-c2ccccc2N(c2ccc(-c3ccc4oc5ccccc5c4c3)cc2)c2ccccc2-c2ccc3c(c2)c2cccc4c2n3-c2ccccc2O4)cc1. The van der Waals surface area contributed by atoms with Crippen molar-refractivity contribution in [3.05, 3.63) is 206 Å². The second-order valence-electron chi connectivity index (χ2n) is 14.9. The molecule has 11 aromatic rings. The van der Waals surface area contributed by atoms with Gasteiger partial charge in [-0.05, 0) is 95.1 Å². The maximum absolute atomic E-state index is 6.43. The summed E-state index contributed by atoms with van der Waals surface area (Å²) in [6.45, 7) is 0. The number of benzene rings is 9. The van der Waals surface area contributed by atoms with Gasteiger partial charge in [-0.2, -0.15) is 0 Å². The molecule has 0 atom stereocenters. The van der Waals surface area contributed by atoms with E-state index in [1.165, 1.54) is 10.8 Å². The van der Waals surface area contributed by atoms with E-state index in [1.807, 2.05) is 24.3 Å². The Morgan fingerprint density at radius 3 is 1.84 bits per heavy atom. The number of fused-ring (bicyclic) bond motifs is 8. The lowest BCUT2D eigenvalue weighted by molar-refractivity contribution is 0.476. The highest BCUT2D eigenvalue weighted by Gasteiger charge is 2.25. The number of hydrogen-bond donors (Lipinski definition) is 0. The van der Waals surface area contributed by atoms with Crippen molar-refractivity contribution in [3.8, 4) is 50.6 Å². The Hall–Kier alpha value is -7.82. The number of rotatable bonds is 6. The molecule has 0 fully saturated rings. The molecule has 3 heterocycles. The Morgan fingerprint density at radius 1 is 0.379 bits per heavy atom. The van der Waals surface area contributed by atoms with E-state index in [0.29, 0.717) is 0 Å². The van der Waals surface area contributed by atoms with Crippen molar-refractivity contribution in [3.63, 3.8) is 0 Å². The molecule has 58 heavy (non-hydrogen) atoms. The molecule has 2 aromatic heterocycles. The van der Waals surface area contributed by atoms with E-state index in [-0.39, 0.29) is 0 Å². The van der Waals surface area contributed by atoms with E-state index in [4.69, 9.17) is 9.15 Å². The summed E-state index contributed by atoms with van der Waals surface area (Å²) in [5.74, 6) is 1.74. The summed E-state index contributed by atoms with van der Waals surface area (Å²) in [6, 6.07) is 73.4. The minimum atomic E-state index is 0.865. The standard InChI is InChI=1S/C54H34N2O2/c1-2-13-36(14-3-1)40-15-4-7-19-46(40)55(39-29-25-35(26-30-39)37-28-32-51-45(33-37)42-17-6-10-22-50(42)57-51)47-20-8-5-16-41(47)38-27-31-48-44(34-38)43-18-12-24-53-54(43)56(48)49-21-9-11-23-52(49)58-53/h1-34H. The number of nitrogens with zero attached hydrogens (tertiary/aromatic N) is 2. The van der Waals surface area contributed by atoms with Crippen molar-refractivity contribution < 1.29 is 9.15 Å². The summed E-state index contributed by atoms with van der Waals surface area (Å²) >= 11 is 0. The van der Waals surface area contributed by atoms with Crippen molar-refractivity contribution >= 4 is 60.8 Å². The van der Waals surface area contributed by atoms with Gasteiger partial charge < -0.3 is 18.6 Å². The molecule has 12 rings (SSSR count). The lowest BCUT2D eigenvalue weighted by Crippen LogP contribution is -2.12. The normalized spacial score (nSPS) is 11.9. The van der Waals surface area contributed by atoms with E-state index < -0.39 is 0 Å². The van der Waals surface area contributed by atoms with Crippen LogP contribution in [0.3, 0.4) is 0 Å². The second-order valence-corrected chi connectivity index (χ2v) is 14.9. The average Bonchev–Trinajstić information content (AvgIpc) is 3.84. The van der Waals surface area contributed by atoms with Crippen molar-refractivity contribution in [2.24, 2.45) is 0 Å². The van der Waals surface area contributed by atoms with Crippen molar-refractivity contribution in [1.82, 2.24) is 4.57 Å². The van der Waals surface area contributed by atoms with Crippen LogP contribution in [0.1, 0.15) is 0 Å². The Kier molecular flexibility index (Phi) is 7.20. The maximum atomic E-state index is 6.43. The fraction of sp³-hybridized carbons (Fsp3) is 0. The molecule has 0 N–H and O–H groups in total. The quantitative estimate of drug-likeness (QED) is 0.170. The van der Waals surface area contributed by atoms with Gasteiger partial charge in [-0.3, -0.25) is 0 Å². The topological polar surface area (TPSA) is 30.5 Å². The van der Waals surface area contributed by atoms with E-state index in [0.717, 1.165) is 101 Å². The predicted octanol–water partition coefficient (Wildman–Crippen LogP) is 15.3. The monoisotopic (exact) mass is 742 g/mol. The van der Waals surface area contributed by atoms with Gasteiger partial charge in [0.1, 0.15) is 11.2 Å². The molecule has 1 aliphatic heterocycles. The third kappa shape index (κ3) is 5.02. The first-order valence-corrected chi connectivity index (χ1v) is 19.7. The van der Waals surface area contributed by atoms with Gasteiger partial charge in [0.25, 0.3) is 0 Å². The van der Waals surface area contributed by atoms with Crippen molar-refractivity contribution in [2.75, 3.05) is 4.90 Å². The molecule has 0 bridgehead atoms. The molecular formula is C54H34N2O2. The summed E-state index contributed by atoms with van der Waals surface area (Å²) in [5.41, 5.74) is 15.3. The Balaban J connectivity index is 1.03. The molecule has 0 amide bonds. The number of ether oxygens (including phenoxy) is 1.